The lowest BCUT2D eigenvalue weighted by atomic mass is 10.1. The van der Waals surface area contributed by atoms with Crippen LogP contribution in [0.3, 0.4) is 0 Å². The summed E-state index contributed by atoms with van der Waals surface area (Å²) in [5.74, 6) is -0.313. The van der Waals surface area contributed by atoms with Gasteiger partial charge in [-0.3, -0.25) is 9.89 Å². The first-order valence-electron chi connectivity index (χ1n) is 6.39. The summed E-state index contributed by atoms with van der Waals surface area (Å²) in [6.45, 7) is 3.60. The van der Waals surface area contributed by atoms with E-state index in [1.807, 2.05) is 6.92 Å². The van der Waals surface area contributed by atoms with Crippen LogP contribution in [0, 0.1) is 6.92 Å². The van der Waals surface area contributed by atoms with Crippen LogP contribution in [-0.4, -0.2) is 30.8 Å². The number of benzene rings is 1. The van der Waals surface area contributed by atoms with Crippen molar-refractivity contribution in [1.29, 1.82) is 0 Å². The van der Waals surface area contributed by atoms with Crippen molar-refractivity contribution in [1.82, 2.24) is 15.5 Å². The number of H-pyrrole nitrogens is 1. The first-order valence-corrected chi connectivity index (χ1v) is 8.28. The molecule has 2 aromatic rings. The maximum absolute atomic E-state index is 12.3. The molecule has 21 heavy (non-hydrogen) atoms. The Morgan fingerprint density at radius 1 is 1.38 bits per heavy atom. The smallest absolute Gasteiger partial charge is 0.252 e. The van der Waals surface area contributed by atoms with E-state index in [1.165, 1.54) is 12.1 Å². The normalized spacial score (nSPS) is 12.9. The van der Waals surface area contributed by atoms with Gasteiger partial charge in [0.15, 0.2) is 9.84 Å². The second-order valence-corrected chi connectivity index (χ2v) is 6.99. The van der Waals surface area contributed by atoms with Crippen molar-refractivity contribution in [2.45, 2.75) is 24.8 Å². The SMILES string of the molecule is Cc1ccc(S(C)(=O)=O)cc1C(=O)NC(C)c1cn[nH]c1. The van der Waals surface area contributed by atoms with Crippen LogP contribution in [0.5, 0.6) is 0 Å². The lowest BCUT2D eigenvalue weighted by Gasteiger charge is -2.14. The standard InChI is InChI=1S/C14H17N3O3S/c1-9-4-5-12(21(3,19)20)6-13(9)14(18)17-10(2)11-7-15-16-8-11/h4-8,10H,1-3H3,(H,15,16)(H,17,18). The summed E-state index contributed by atoms with van der Waals surface area (Å²) in [7, 11) is -3.34. The number of hydrogen-bond donors (Lipinski definition) is 2. The molecule has 0 radical (unpaired) electrons. The molecule has 0 spiro atoms. The molecule has 1 unspecified atom stereocenters. The molecule has 1 amide bonds. The summed E-state index contributed by atoms with van der Waals surface area (Å²) in [5.41, 5.74) is 1.92. The van der Waals surface area contributed by atoms with Crippen molar-refractivity contribution in [3.8, 4) is 0 Å². The Labute approximate surface area is 123 Å². The van der Waals surface area contributed by atoms with Gasteiger partial charge in [-0.2, -0.15) is 5.10 Å². The second-order valence-electron chi connectivity index (χ2n) is 4.98. The van der Waals surface area contributed by atoms with Gasteiger partial charge < -0.3 is 5.32 Å². The van der Waals surface area contributed by atoms with Gasteiger partial charge in [0.1, 0.15) is 0 Å². The van der Waals surface area contributed by atoms with Crippen LogP contribution in [0.2, 0.25) is 0 Å². The highest BCUT2D eigenvalue weighted by atomic mass is 32.2. The summed E-state index contributed by atoms with van der Waals surface area (Å²) in [5, 5.41) is 9.34. The van der Waals surface area contributed by atoms with Gasteiger partial charge in [-0.25, -0.2) is 8.42 Å². The van der Waals surface area contributed by atoms with Crippen molar-refractivity contribution in [3.63, 3.8) is 0 Å². The van der Waals surface area contributed by atoms with Crippen LogP contribution < -0.4 is 5.32 Å². The maximum atomic E-state index is 12.3. The number of amides is 1. The fraction of sp³-hybridized carbons (Fsp3) is 0.286. The number of aromatic amines is 1. The highest BCUT2D eigenvalue weighted by Crippen LogP contribution is 2.17. The van der Waals surface area contributed by atoms with E-state index in [2.05, 4.69) is 15.5 Å². The zero-order valence-corrected chi connectivity index (χ0v) is 12.9. The number of nitrogens with one attached hydrogen (secondary N) is 2. The minimum Gasteiger partial charge on any atom is -0.345 e. The Morgan fingerprint density at radius 2 is 2.10 bits per heavy atom. The number of carbonyl (C=O) groups excluding carboxylic acids is 1. The lowest BCUT2D eigenvalue weighted by molar-refractivity contribution is 0.0939. The van der Waals surface area contributed by atoms with Gasteiger partial charge in [0, 0.05) is 23.6 Å². The third-order valence-electron chi connectivity index (χ3n) is 3.25. The molecule has 1 heterocycles. The zero-order chi connectivity index (χ0) is 15.6. The number of aryl methyl sites for hydroxylation is 1. The molecule has 0 bridgehead atoms. The molecule has 0 aliphatic heterocycles. The number of sulfone groups is 1. The van der Waals surface area contributed by atoms with E-state index in [-0.39, 0.29) is 16.8 Å². The van der Waals surface area contributed by atoms with Crippen LogP contribution >= 0.6 is 0 Å². The molecule has 6 nitrogen and oxygen atoms in total. The number of aromatic nitrogens is 2. The summed E-state index contributed by atoms with van der Waals surface area (Å²) >= 11 is 0. The highest BCUT2D eigenvalue weighted by Gasteiger charge is 2.17. The van der Waals surface area contributed by atoms with Crippen LogP contribution in [-0.2, 0) is 9.84 Å². The van der Waals surface area contributed by atoms with E-state index >= 15 is 0 Å². The molecule has 1 aromatic carbocycles. The van der Waals surface area contributed by atoms with Gasteiger partial charge in [-0.1, -0.05) is 6.07 Å². The monoisotopic (exact) mass is 307 g/mol. The van der Waals surface area contributed by atoms with Crippen molar-refractivity contribution < 1.29 is 13.2 Å². The fourth-order valence-corrected chi connectivity index (χ4v) is 2.58. The minimum absolute atomic E-state index is 0.134. The van der Waals surface area contributed by atoms with E-state index in [1.54, 1.807) is 25.4 Å². The van der Waals surface area contributed by atoms with E-state index in [0.29, 0.717) is 5.56 Å². The fourth-order valence-electron chi connectivity index (χ4n) is 1.93. The Morgan fingerprint density at radius 3 is 2.67 bits per heavy atom. The van der Waals surface area contributed by atoms with Crippen molar-refractivity contribution in [3.05, 3.63) is 47.3 Å². The van der Waals surface area contributed by atoms with Crippen molar-refractivity contribution in [2.75, 3.05) is 6.26 Å². The van der Waals surface area contributed by atoms with Crippen LogP contribution in [0.25, 0.3) is 0 Å². The molecular formula is C14H17N3O3S. The Bertz CT molecular complexity index is 752. The molecule has 0 aliphatic rings. The molecule has 0 fully saturated rings. The summed E-state index contributed by atoms with van der Waals surface area (Å²) in [6.07, 6.45) is 4.45. The molecule has 112 valence electrons. The summed E-state index contributed by atoms with van der Waals surface area (Å²) in [4.78, 5) is 12.4. The Kier molecular flexibility index (Phi) is 4.13. The maximum Gasteiger partial charge on any atom is 0.252 e. The molecule has 0 saturated carbocycles. The summed E-state index contributed by atoms with van der Waals surface area (Å²) in [6, 6.07) is 4.31. The average molecular weight is 307 g/mol. The van der Waals surface area contributed by atoms with Crippen molar-refractivity contribution >= 4 is 15.7 Å². The van der Waals surface area contributed by atoms with E-state index in [0.717, 1.165) is 17.4 Å². The van der Waals surface area contributed by atoms with E-state index in [4.69, 9.17) is 0 Å². The lowest BCUT2D eigenvalue weighted by Crippen LogP contribution is -2.27. The minimum atomic E-state index is -3.34. The first kappa shape index (κ1) is 15.2. The number of rotatable bonds is 4. The molecule has 1 aromatic heterocycles. The highest BCUT2D eigenvalue weighted by molar-refractivity contribution is 7.90. The molecule has 1 atom stereocenters. The van der Waals surface area contributed by atoms with Gasteiger partial charge in [-0.05, 0) is 31.5 Å². The van der Waals surface area contributed by atoms with Gasteiger partial charge in [0.05, 0.1) is 17.1 Å². The second kappa shape index (κ2) is 5.69. The third kappa shape index (κ3) is 3.49. The van der Waals surface area contributed by atoms with Crippen molar-refractivity contribution in [2.24, 2.45) is 0 Å². The Hall–Kier alpha value is -2.15. The Balaban J connectivity index is 2.27. The third-order valence-corrected chi connectivity index (χ3v) is 4.36. The number of carbonyl (C=O) groups is 1. The number of hydrogen-bond acceptors (Lipinski definition) is 4. The average Bonchev–Trinajstić information content (AvgIpc) is 2.91. The quantitative estimate of drug-likeness (QED) is 0.897. The predicted molar refractivity (Wildman–Crippen MR) is 78.8 cm³/mol. The van der Waals surface area contributed by atoms with Gasteiger partial charge in [-0.15, -0.1) is 0 Å². The molecule has 7 heteroatoms. The van der Waals surface area contributed by atoms with E-state index in [9.17, 15) is 13.2 Å². The molecule has 0 saturated heterocycles. The largest absolute Gasteiger partial charge is 0.345 e. The topological polar surface area (TPSA) is 91.9 Å². The van der Waals surface area contributed by atoms with Crippen LogP contribution in [0.4, 0.5) is 0 Å². The number of nitrogens with zero attached hydrogens (tertiary/aromatic N) is 1. The molecule has 0 aliphatic carbocycles. The predicted octanol–water partition coefficient (Wildman–Crippen LogP) is 1.61. The first-order chi connectivity index (χ1) is 9.79. The van der Waals surface area contributed by atoms with Crippen LogP contribution in [0.1, 0.15) is 34.5 Å². The molecule has 2 rings (SSSR count). The molecular weight excluding hydrogens is 290 g/mol. The van der Waals surface area contributed by atoms with Crippen LogP contribution in [0.15, 0.2) is 35.5 Å². The van der Waals surface area contributed by atoms with Gasteiger partial charge >= 0.3 is 0 Å². The zero-order valence-electron chi connectivity index (χ0n) is 12.0. The van der Waals surface area contributed by atoms with Gasteiger partial charge in [0.2, 0.25) is 0 Å². The van der Waals surface area contributed by atoms with E-state index < -0.39 is 9.84 Å². The summed E-state index contributed by atoms with van der Waals surface area (Å²) < 4.78 is 23.2. The molecule has 2 N–H and O–H groups in total. The van der Waals surface area contributed by atoms with Gasteiger partial charge in [0.25, 0.3) is 5.91 Å².